The van der Waals surface area contributed by atoms with Crippen LogP contribution in [0.3, 0.4) is 0 Å². The molecule has 17 heavy (non-hydrogen) atoms. The Balaban J connectivity index is 2.26. The molecule has 0 aliphatic heterocycles. The lowest BCUT2D eigenvalue weighted by Gasteiger charge is -2.25. The second-order valence-electron chi connectivity index (χ2n) is 4.80. The van der Waals surface area contributed by atoms with Crippen molar-refractivity contribution in [3.8, 4) is 0 Å². The number of hydrogen-bond donors (Lipinski definition) is 1. The summed E-state index contributed by atoms with van der Waals surface area (Å²) < 4.78 is 24.7. The Morgan fingerprint density at radius 2 is 1.82 bits per heavy atom. The average molecular weight is 254 g/mol. The molecule has 1 saturated carbocycles. The molecule has 0 amide bonds. The van der Waals surface area contributed by atoms with Crippen LogP contribution in [0.2, 0.25) is 0 Å². The Labute approximate surface area is 102 Å². The van der Waals surface area contributed by atoms with Crippen LogP contribution in [0.4, 0.5) is 0 Å². The summed E-state index contributed by atoms with van der Waals surface area (Å²) in [6.07, 6.45) is 2.08. The van der Waals surface area contributed by atoms with E-state index in [0.717, 1.165) is 18.4 Å². The summed E-state index contributed by atoms with van der Waals surface area (Å²) >= 11 is 0. The Kier molecular flexibility index (Phi) is 3.54. The predicted octanol–water partition coefficient (Wildman–Crippen LogP) is 2.07. The van der Waals surface area contributed by atoms with Crippen molar-refractivity contribution in [1.29, 1.82) is 0 Å². The monoisotopic (exact) mass is 254 g/mol. The highest BCUT2D eigenvalue weighted by Crippen LogP contribution is 2.28. The summed E-state index contributed by atoms with van der Waals surface area (Å²) in [5.41, 5.74) is 1.05. The summed E-state index contributed by atoms with van der Waals surface area (Å²) in [5.74, 6) is 0. The van der Waals surface area contributed by atoms with Crippen molar-refractivity contribution in [3.63, 3.8) is 0 Å². The molecular formula is C13H18O3S. The topological polar surface area (TPSA) is 54.4 Å². The summed E-state index contributed by atoms with van der Waals surface area (Å²) in [6.45, 7) is 1.93. The van der Waals surface area contributed by atoms with Crippen LogP contribution in [0.25, 0.3) is 0 Å². The molecule has 0 aromatic heterocycles. The van der Waals surface area contributed by atoms with Gasteiger partial charge in [0.1, 0.15) is 0 Å². The standard InChI is InChI=1S/C13H18O3S/c1-10-5-7-12(8-6-10)17(15,16)13-4-2-3-11(14)9-13/h5-8,11,13-14H,2-4,9H2,1H3. The van der Waals surface area contributed by atoms with Gasteiger partial charge in [0.05, 0.1) is 16.2 Å². The highest BCUT2D eigenvalue weighted by Gasteiger charge is 2.32. The van der Waals surface area contributed by atoms with E-state index in [2.05, 4.69) is 0 Å². The van der Waals surface area contributed by atoms with Gasteiger partial charge in [0.2, 0.25) is 0 Å². The van der Waals surface area contributed by atoms with Crippen molar-refractivity contribution in [2.75, 3.05) is 0 Å². The van der Waals surface area contributed by atoms with Crippen LogP contribution in [0.1, 0.15) is 31.2 Å². The van der Waals surface area contributed by atoms with Gasteiger partial charge in [-0.3, -0.25) is 0 Å². The third kappa shape index (κ3) is 2.69. The number of rotatable bonds is 2. The molecule has 1 aliphatic carbocycles. The molecule has 0 heterocycles. The van der Waals surface area contributed by atoms with Gasteiger partial charge in [-0.1, -0.05) is 17.7 Å². The first-order chi connectivity index (χ1) is 8.00. The molecule has 0 saturated heterocycles. The molecule has 0 radical (unpaired) electrons. The second-order valence-corrected chi connectivity index (χ2v) is 7.03. The van der Waals surface area contributed by atoms with Crippen molar-refractivity contribution in [3.05, 3.63) is 29.8 Å². The maximum Gasteiger partial charge on any atom is 0.181 e. The molecule has 0 bridgehead atoms. The van der Waals surface area contributed by atoms with E-state index in [9.17, 15) is 13.5 Å². The molecule has 2 rings (SSSR count). The molecule has 2 atom stereocenters. The second kappa shape index (κ2) is 4.78. The number of benzene rings is 1. The number of aliphatic hydroxyl groups excluding tert-OH is 1. The minimum atomic E-state index is -3.27. The molecule has 1 N–H and O–H groups in total. The maximum atomic E-state index is 12.3. The van der Waals surface area contributed by atoms with Gasteiger partial charge in [-0.25, -0.2) is 8.42 Å². The predicted molar refractivity (Wildman–Crippen MR) is 66.6 cm³/mol. The fourth-order valence-electron chi connectivity index (χ4n) is 2.32. The summed E-state index contributed by atoms with van der Waals surface area (Å²) in [4.78, 5) is 0.377. The van der Waals surface area contributed by atoms with E-state index < -0.39 is 21.2 Å². The van der Waals surface area contributed by atoms with E-state index in [4.69, 9.17) is 0 Å². The van der Waals surface area contributed by atoms with Gasteiger partial charge in [-0.15, -0.1) is 0 Å². The first kappa shape index (κ1) is 12.6. The summed E-state index contributed by atoms with van der Waals surface area (Å²) in [5, 5.41) is 9.15. The Morgan fingerprint density at radius 1 is 1.18 bits per heavy atom. The molecule has 1 aromatic rings. The quantitative estimate of drug-likeness (QED) is 0.879. The SMILES string of the molecule is Cc1ccc(S(=O)(=O)C2CCCC(O)C2)cc1. The largest absolute Gasteiger partial charge is 0.393 e. The van der Waals surface area contributed by atoms with Crippen molar-refractivity contribution >= 4 is 9.84 Å². The lowest BCUT2D eigenvalue weighted by Crippen LogP contribution is -2.30. The van der Waals surface area contributed by atoms with Gasteiger partial charge in [0, 0.05) is 0 Å². The van der Waals surface area contributed by atoms with Crippen LogP contribution >= 0.6 is 0 Å². The number of aryl methyl sites for hydroxylation is 1. The zero-order valence-corrected chi connectivity index (χ0v) is 10.8. The molecule has 0 spiro atoms. The molecule has 1 fully saturated rings. The summed E-state index contributed by atoms with van der Waals surface area (Å²) in [6, 6.07) is 6.94. The zero-order valence-electron chi connectivity index (χ0n) is 9.96. The Hall–Kier alpha value is -0.870. The van der Waals surface area contributed by atoms with Crippen molar-refractivity contribution in [2.24, 2.45) is 0 Å². The number of sulfone groups is 1. The van der Waals surface area contributed by atoms with Crippen LogP contribution in [0.5, 0.6) is 0 Å². The highest BCUT2D eigenvalue weighted by atomic mass is 32.2. The minimum Gasteiger partial charge on any atom is -0.393 e. The van der Waals surface area contributed by atoms with Gasteiger partial charge in [-0.2, -0.15) is 0 Å². The van der Waals surface area contributed by atoms with Gasteiger partial charge < -0.3 is 5.11 Å². The van der Waals surface area contributed by atoms with Gasteiger partial charge in [0.15, 0.2) is 9.84 Å². The molecule has 94 valence electrons. The average Bonchev–Trinajstić information content (AvgIpc) is 2.29. The van der Waals surface area contributed by atoms with E-state index in [1.165, 1.54) is 0 Å². The van der Waals surface area contributed by atoms with Gasteiger partial charge >= 0.3 is 0 Å². The van der Waals surface area contributed by atoms with Crippen LogP contribution in [0.15, 0.2) is 29.2 Å². The normalized spacial score (nSPS) is 25.8. The lowest BCUT2D eigenvalue weighted by atomic mass is 9.97. The van der Waals surface area contributed by atoms with E-state index in [-0.39, 0.29) is 0 Å². The lowest BCUT2D eigenvalue weighted by molar-refractivity contribution is 0.131. The van der Waals surface area contributed by atoms with Crippen molar-refractivity contribution in [2.45, 2.75) is 48.9 Å². The van der Waals surface area contributed by atoms with Crippen LogP contribution < -0.4 is 0 Å². The van der Waals surface area contributed by atoms with Crippen LogP contribution in [-0.4, -0.2) is 24.9 Å². The Morgan fingerprint density at radius 3 is 2.41 bits per heavy atom. The van der Waals surface area contributed by atoms with E-state index in [1.807, 2.05) is 19.1 Å². The molecular weight excluding hydrogens is 236 g/mol. The van der Waals surface area contributed by atoms with Crippen molar-refractivity contribution < 1.29 is 13.5 Å². The fourth-order valence-corrected chi connectivity index (χ4v) is 4.18. The molecule has 3 nitrogen and oxygen atoms in total. The minimum absolute atomic E-state index is 0.371. The van der Waals surface area contributed by atoms with E-state index >= 15 is 0 Å². The Bertz CT molecular complexity index is 476. The van der Waals surface area contributed by atoms with E-state index in [0.29, 0.717) is 17.7 Å². The smallest absolute Gasteiger partial charge is 0.181 e. The first-order valence-electron chi connectivity index (χ1n) is 5.99. The third-order valence-electron chi connectivity index (χ3n) is 3.39. The highest BCUT2D eigenvalue weighted by molar-refractivity contribution is 7.92. The van der Waals surface area contributed by atoms with Crippen LogP contribution in [-0.2, 0) is 9.84 Å². The third-order valence-corrected chi connectivity index (χ3v) is 5.62. The first-order valence-corrected chi connectivity index (χ1v) is 7.53. The van der Waals surface area contributed by atoms with Crippen molar-refractivity contribution in [1.82, 2.24) is 0 Å². The molecule has 4 heteroatoms. The maximum absolute atomic E-state index is 12.3. The van der Waals surface area contributed by atoms with Gasteiger partial charge in [-0.05, 0) is 44.7 Å². The molecule has 1 aromatic carbocycles. The fraction of sp³-hybridized carbons (Fsp3) is 0.538. The van der Waals surface area contributed by atoms with Crippen LogP contribution in [0, 0.1) is 6.92 Å². The summed E-state index contributed by atoms with van der Waals surface area (Å²) in [7, 11) is -3.27. The number of hydrogen-bond acceptors (Lipinski definition) is 3. The number of aliphatic hydroxyl groups is 1. The van der Waals surface area contributed by atoms with E-state index in [1.54, 1.807) is 12.1 Å². The van der Waals surface area contributed by atoms with Gasteiger partial charge in [0.25, 0.3) is 0 Å². The zero-order chi connectivity index (χ0) is 12.5. The molecule has 1 aliphatic rings. The molecule has 2 unspecified atom stereocenters.